The average Bonchev–Trinajstić information content (AvgIpc) is 2.51. The molecule has 6 heteroatoms. The molecule has 1 saturated carbocycles. The van der Waals surface area contributed by atoms with Gasteiger partial charge in [0.2, 0.25) is 5.88 Å². The molecule has 3 aliphatic rings. The lowest BCUT2D eigenvalue weighted by atomic mass is 9.75. The van der Waals surface area contributed by atoms with Crippen LogP contribution in [0.5, 0.6) is 5.88 Å². The van der Waals surface area contributed by atoms with E-state index in [9.17, 15) is 4.79 Å². The quantitative estimate of drug-likeness (QED) is 0.741. The van der Waals surface area contributed by atoms with Gasteiger partial charge in [-0.2, -0.15) is 0 Å². The third-order valence-corrected chi connectivity index (χ3v) is 4.32. The van der Waals surface area contributed by atoms with Crippen LogP contribution in [0.25, 0.3) is 5.57 Å². The van der Waals surface area contributed by atoms with Crippen molar-refractivity contribution in [1.29, 1.82) is 0 Å². The highest BCUT2D eigenvalue weighted by Gasteiger charge is 2.48. The fraction of sp³-hybridized carbons (Fsp3) is 0.400. The highest BCUT2D eigenvalue weighted by Crippen LogP contribution is 2.44. The molecule has 2 aliphatic heterocycles. The zero-order valence-corrected chi connectivity index (χ0v) is 11.5. The molecule has 1 atom stereocenters. The standard InChI is InChI=1S/C15H16N4O2/c16-14-18-8-11-10-2-1-7-17-13(10)21-15(12(11)19-14)5-3-9(20)4-6-15/h1-2,7-8,14,18H,3-6,16H2. The largest absolute Gasteiger partial charge is 0.464 e. The third kappa shape index (κ3) is 1.86. The number of carbonyl (C=O) groups is 1. The van der Waals surface area contributed by atoms with Crippen molar-refractivity contribution in [3.05, 3.63) is 30.1 Å². The van der Waals surface area contributed by atoms with Crippen LogP contribution in [0.3, 0.4) is 0 Å². The molecular weight excluding hydrogens is 268 g/mol. The van der Waals surface area contributed by atoms with E-state index in [0.29, 0.717) is 31.6 Å². The van der Waals surface area contributed by atoms with Crippen molar-refractivity contribution < 1.29 is 9.53 Å². The number of rotatable bonds is 0. The van der Waals surface area contributed by atoms with Crippen molar-refractivity contribution in [3.8, 4) is 5.88 Å². The van der Waals surface area contributed by atoms with Crippen LogP contribution in [0.2, 0.25) is 0 Å². The van der Waals surface area contributed by atoms with Crippen LogP contribution in [0, 0.1) is 0 Å². The number of hydrogen-bond donors (Lipinski definition) is 2. The Balaban J connectivity index is 1.86. The first-order chi connectivity index (χ1) is 10.2. The summed E-state index contributed by atoms with van der Waals surface area (Å²) in [5, 5.41) is 3.03. The van der Waals surface area contributed by atoms with Gasteiger partial charge >= 0.3 is 0 Å². The molecule has 1 aromatic rings. The van der Waals surface area contributed by atoms with Gasteiger partial charge in [0.25, 0.3) is 0 Å². The number of fused-ring (bicyclic) bond motifs is 4. The molecule has 1 spiro atoms. The molecule has 0 aromatic carbocycles. The number of ether oxygens (including phenoxy) is 1. The third-order valence-electron chi connectivity index (χ3n) is 4.32. The Hall–Kier alpha value is -2.21. The first-order valence-electron chi connectivity index (χ1n) is 7.14. The van der Waals surface area contributed by atoms with E-state index in [-0.39, 0.29) is 5.78 Å². The van der Waals surface area contributed by atoms with Crippen LogP contribution < -0.4 is 15.8 Å². The summed E-state index contributed by atoms with van der Waals surface area (Å²) in [5.41, 5.74) is 8.07. The summed E-state index contributed by atoms with van der Waals surface area (Å²) in [6.07, 6.45) is 5.41. The minimum Gasteiger partial charge on any atom is -0.464 e. The SMILES string of the molecule is NC1N=C2C(=CN1)c1cccnc1OC21CCC(=O)CC1. The summed E-state index contributed by atoms with van der Waals surface area (Å²) < 4.78 is 6.21. The van der Waals surface area contributed by atoms with E-state index in [1.165, 1.54) is 0 Å². The Bertz CT molecular complexity index is 670. The Morgan fingerprint density at radius 3 is 3.00 bits per heavy atom. The first kappa shape index (κ1) is 12.5. The maximum absolute atomic E-state index is 11.6. The molecule has 6 nitrogen and oxygen atoms in total. The number of hydrogen-bond acceptors (Lipinski definition) is 6. The predicted octanol–water partition coefficient (Wildman–Crippen LogP) is 0.983. The number of carbonyl (C=O) groups excluding carboxylic acids is 1. The molecule has 21 heavy (non-hydrogen) atoms. The molecule has 1 aromatic heterocycles. The van der Waals surface area contributed by atoms with Crippen molar-refractivity contribution in [3.63, 3.8) is 0 Å². The predicted molar refractivity (Wildman–Crippen MR) is 77.6 cm³/mol. The normalized spacial score (nSPS) is 26.0. The molecule has 3 heterocycles. The van der Waals surface area contributed by atoms with E-state index in [1.807, 2.05) is 18.3 Å². The monoisotopic (exact) mass is 284 g/mol. The van der Waals surface area contributed by atoms with Crippen LogP contribution in [0.15, 0.2) is 29.5 Å². The second-order valence-electron chi connectivity index (χ2n) is 5.64. The summed E-state index contributed by atoms with van der Waals surface area (Å²) in [5.74, 6) is 0.884. The van der Waals surface area contributed by atoms with E-state index in [2.05, 4.69) is 15.3 Å². The molecule has 4 rings (SSSR count). The fourth-order valence-corrected chi connectivity index (χ4v) is 3.23. The van der Waals surface area contributed by atoms with Crippen LogP contribution in [-0.2, 0) is 4.79 Å². The van der Waals surface area contributed by atoms with Gasteiger partial charge in [0.1, 0.15) is 5.78 Å². The summed E-state index contributed by atoms with van der Waals surface area (Å²) in [6, 6.07) is 3.83. The molecule has 0 radical (unpaired) electrons. The van der Waals surface area contributed by atoms with Crippen LogP contribution >= 0.6 is 0 Å². The summed E-state index contributed by atoms with van der Waals surface area (Å²) in [4.78, 5) is 20.5. The van der Waals surface area contributed by atoms with Crippen molar-refractivity contribution in [2.24, 2.45) is 10.7 Å². The summed E-state index contributed by atoms with van der Waals surface area (Å²) in [6.45, 7) is 0. The number of Topliss-reactive ketones (excluding diaryl/α,β-unsaturated/α-hetero) is 1. The molecular formula is C15H16N4O2. The lowest BCUT2D eigenvalue weighted by Gasteiger charge is -2.43. The molecule has 3 N–H and O–H groups in total. The van der Waals surface area contributed by atoms with Crippen molar-refractivity contribution in [2.45, 2.75) is 37.6 Å². The maximum atomic E-state index is 11.6. The van der Waals surface area contributed by atoms with Crippen LogP contribution in [0.1, 0.15) is 31.2 Å². The van der Waals surface area contributed by atoms with Crippen LogP contribution in [-0.4, -0.2) is 28.4 Å². The number of nitrogens with two attached hydrogens (primary N) is 1. The molecule has 108 valence electrons. The lowest BCUT2D eigenvalue weighted by Crippen LogP contribution is -2.53. The minimum atomic E-state index is -0.569. The Morgan fingerprint density at radius 1 is 1.38 bits per heavy atom. The number of pyridine rings is 1. The van der Waals surface area contributed by atoms with E-state index in [1.54, 1.807) is 6.20 Å². The van der Waals surface area contributed by atoms with E-state index < -0.39 is 11.9 Å². The molecule has 1 fully saturated rings. The van der Waals surface area contributed by atoms with Crippen LogP contribution in [0.4, 0.5) is 0 Å². The van der Waals surface area contributed by atoms with Gasteiger partial charge in [-0.05, 0) is 25.0 Å². The topological polar surface area (TPSA) is 89.6 Å². The second kappa shape index (κ2) is 4.39. The highest BCUT2D eigenvalue weighted by atomic mass is 16.5. The molecule has 1 unspecified atom stereocenters. The van der Waals surface area contributed by atoms with E-state index in [0.717, 1.165) is 16.8 Å². The van der Waals surface area contributed by atoms with Gasteiger partial charge in [-0.25, -0.2) is 9.98 Å². The maximum Gasteiger partial charge on any atom is 0.222 e. The lowest BCUT2D eigenvalue weighted by molar-refractivity contribution is -0.122. The highest BCUT2D eigenvalue weighted by molar-refractivity contribution is 6.30. The van der Waals surface area contributed by atoms with E-state index >= 15 is 0 Å². The molecule has 0 amide bonds. The van der Waals surface area contributed by atoms with Gasteiger partial charge in [-0.1, -0.05) is 0 Å². The van der Waals surface area contributed by atoms with Gasteiger partial charge in [0.05, 0.1) is 5.71 Å². The molecule has 0 bridgehead atoms. The van der Waals surface area contributed by atoms with Gasteiger partial charge in [0, 0.05) is 36.4 Å². The summed E-state index contributed by atoms with van der Waals surface area (Å²) >= 11 is 0. The molecule has 0 saturated heterocycles. The van der Waals surface area contributed by atoms with Gasteiger partial charge in [-0.3, -0.25) is 10.5 Å². The fourth-order valence-electron chi connectivity index (χ4n) is 3.23. The van der Waals surface area contributed by atoms with Gasteiger partial charge < -0.3 is 10.1 Å². The molecule has 1 aliphatic carbocycles. The number of ketones is 1. The number of aromatic nitrogens is 1. The second-order valence-corrected chi connectivity index (χ2v) is 5.64. The Kier molecular flexibility index (Phi) is 2.62. The van der Waals surface area contributed by atoms with Crippen molar-refractivity contribution in [2.75, 3.05) is 0 Å². The number of aliphatic imine (C=N–C) groups is 1. The van der Waals surface area contributed by atoms with Gasteiger partial charge in [-0.15, -0.1) is 0 Å². The summed E-state index contributed by atoms with van der Waals surface area (Å²) in [7, 11) is 0. The zero-order valence-electron chi connectivity index (χ0n) is 11.5. The van der Waals surface area contributed by atoms with Gasteiger partial charge in [0.15, 0.2) is 11.9 Å². The zero-order chi connectivity index (χ0) is 14.4. The van der Waals surface area contributed by atoms with Crippen molar-refractivity contribution in [1.82, 2.24) is 10.3 Å². The Labute approximate surface area is 122 Å². The van der Waals surface area contributed by atoms with Crippen molar-refractivity contribution >= 4 is 17.1 Å². The van der Waals surface area contributed by atoms with E-state index in [4.69, 9.17) is 10.5 Å². The Morgan fingerprint density at radius 2 is 2.19 bits per heavy atom. The number of nitrogens with one attached hydrogen (secondary N) is 1. The smallest absolute Gasteiger partial charge is 0.222 e. The minimum absolute atomic E-state index is 0.278. The average molecular weight is 284 g/mol. The first-order valence-corrected chi connectivity index (χ1v) is 7.14. The number of nitrogens with zero attached hydrogens (tertiary/aromatic N) is 2.